The van der Waals surface area contributed by atoms with E-state index in [0.29, 0.717) is 30.0 Å². The molecule has 0 bridgehead atoms. The summed E-state index contributed by atoms with van der Waals surface area (Å²) in [6, 6.07) is 5.42. The molecule has 0 spiro atoms. The molecule has 284 valence electrons. The number of ether oxygens (including phenoxy) is 4. The second kappa shape index (κ2) is 19.3. The van der Waals surface area contributed by atoms with Crippen molar-refractivity contribution in [2.45, 2.75) is 137 Å². The minimum atomic E-state index is -2.13. The van der Waals surface area contributed by atoms with Crippen LogP contribution in [0.3, 0.4) is 0 Å². The monoisotopic (exact) mass is 740 g/mol. The SMILES string of the molecule is CC(=O)OC1C(Oc2ccc(NC(=O)CSCCCCC(=O)CONC(=O)OC(C)(C)C)cc2CO[Si](C)(C)C(C)(C)C)OC(C)C(C)C1C. The van der Waals surface area contributed by atoms with Gasteiger partial charge >= 0.3 is 12.1 Å². The van der Waals surface area contributed by atoms with E-state index in [9.17, 15) is 19.2 Å². The molecule has 0 aliphatic carbocycles. The zero-order valence-corrected chi connectivity index (χ0v) is 33.9. The average molecular weight is 741 g/mol. The molecule has 2 N–H and O–H groups in total. The van der Waals surface area contributed by atoms with Gasteiger partial charge in [-0.2, -0.15) is 17.2 Å². The third-order valence-electron chi connectivity index (χ3n) is 9.00. The minimum Gasteiger partial charge on any atom is -0.460 e. The lowest BCUT2D eigenvalue weighted by Gasteiger charge is -2.42. The summed E-state index contributed by atoms with van der Waals surface area (Å²) in [5.74, 6) is 0.972. The largest absolute Gasteiger partial charge is 0.460 e. The van der Waals surface area contributed by atoms with Crippen molar-refractivity contribution in [1.29, 1.82) is 0 Å². The molecule has 50 heavy (non-hydrogen) atoms. The molecule has 1 aromatic rings. The summed E-state index contributed by atoms with van der Waals surface area (Å²) in [5.41, 5.74) is 2.81. The maximum atomic E-state index is 12.9. The van der Waals surface area contributed by atoms with Gasteiger partial charge in [-0.15, -0.1) is 0 Å². The van der Waals surface area contributed by atoms with Crippen LogP contribution in [-0.2, 0) is 44.5 Å². The molecular weight excluding hydrogens is 681 g/mol. The number of ketones is 1. The standard InChI is InChI=1S/C36H60N2O10SSi/c1-23-24(2)32(46-26(4)39)33(45-25(23)3)47-30-17-16-28(19-27(30)20-44-50(11,12)36(8,9)10)37-31(41)22-49-18-14-13-15-29(40)21-43-38-34(42)48-35(5,6)7/h16-17,19,23-25,32-33H,13-15,18,20-22H2,1-12H3,(H,37,41)(H,38,42). The molecule has 1 aromatic carbocycles. The number of hydroxylamine groups is 1. The van der Waals surface area contributed by atoms with E-state index < -0.39 is 38.4 Å². The highest BCUT2D eigenvalue weighted by Gasteiger charge is 2.44. The number of unbranched alkanes of at least 4 members (excludes halogenated alkanes) is 1. The Balaban J connectivity index is 1.97. The normalized spacial score (nSPS) is 21.2. The molecular formula is C36H60N2O10SSi. The fourth-order valence-electron chi connectivity index (χ4n) is 4.76. The minimum absolute atomic E-state index is 0.00890. The van der Waals surface area contributed by atoms with Crippen molar-refractivity contribution in [1.82, 2.24) is 5.48 Å². The third-order valence-corrected chi connectivity index (χ3v) is 14.5. The molecule has 5 atom stereocenters. The Morgan fingerprint density at radius 3 is 2.28 bits per heavy atom. The number of carbonyl (C=O) groups is 4. The number of amides is 2. The molecule has 1 saturated heterocycles. The van der Waals surface area contributed by atoms with Crippen molar-refractivity contribution in [2.24, 2.45) is 11.8 Å². The quantitative estimate of drug-likeness (QED) is 0.0713. The molecule has 0 saturated carbocycles. The molecule has 2 amide bonds. The number of esters is 1. The van der Waals surface area contributed by atoms with Crippen molar-refractivity contribution in [3.63, 3.8) is 0 Å². The lowest BCUT2D eigenvalue weighted by molar-refractivity contribution is -0.243. The maximum absolute atomic E-state index is 12.9. The van der Waals surface area contributed by atoms with Crippen LogP contribution in [0.1, 0.15) is 94.1 Å². The number of anilines is 1. The molecule has 12 nitrogen and oxygen atoms in total. The number of carbonyl (C=O) groups excluding carboxylic acids is 4. The van der Waals surface area contributed by atoms with E-state index in [4.69, 9.17) is 28.2 Å². The highest BCUT2D eigenvalue weighted by atomic mass is 32.2. The predicted octanol–water partition coefficient (Wildman–Crippen LogP) is 7.40. The molecule has 14 heteroatoms. The predicted molar refractivity (Wildman–Crippen MR) is 197 cm³/mol. The molecule has 5 unspecified atom stereocenters. The second-order valence-corrected chi connectivity index (χ2v) is 21.4. The van der Waals surface area contributed by atoms with Gasteiger partial charge in [-0.1, -0.05) is 34.6 Å². The van der Waals surface area contributed by atoms with Gasteiger partial charge in [0.05, 0.1) is 18.5 Å². The van der Waals surface area contributed by atoms with Gasteiger partial charge in [0, 0.05) is 30.5 Å². The number of hydrogen-bond donors (Lipinski definition) is 2. The number of Topliss-reactive ketones (excluding diaryl/α,β-unsaturated/α-hetero) is 1. The summed E-state index contributed by atoms with van der Waals surface area (Å²) in [4.78, 5) is 53.4. The van der Waals surface area contributed by atoms with Crippen molar-refractivity contribution in [3.05, 3.63) is 23.8 Å². The Morgan fingerprint density at radius 1 is 0.980 bits per heavy atom. The summed E-state index contributed by atoms with van der Waals surface area (Å²) in [5, 5.41) is 2.97. The van der Waals surface area contributed by atoms with Crippen LogP contribution in [0.15, 0.2) is 18.2 Å². The lowest BCUT2D eigenvalue weighted by Crippen LogP contribution is -2.52. The molecule has 1 fully saturated rings. The van der Waals surface area contributed by atoms with E-state index in [-0.39, 0.29) is 53.6 Å². The Hall–Kier alpha value is -2.65. The number of thioether (sulfide) groups is 1. The summed E-state index contributed by atoms with van der Waals surface area (Å²) < 4.78 is 29.9. The number of hydrogen-bond acceptors (Lipinski definition) is 11. The highest BCUT2D eigenvalue weighted by Crippen LogP contribution is 2.39. The fourth-order valence-corrected chi connectivity index (χ4v) is 6.52. The maximum Gasteiger partial charge on any atom is 0.431 e. The van der Waals surface area contributed by atoms with E-state index in [1.165, 1.54) is 18.7 Å². The van der Waals surface area contributed by atoms with Crippen LogP contribution in [0, 0.1) is 11.8 Å². The molecule has 0 radical (unpaired) electrons. The smallest absolute Gasteiger partial charge is 0.431 e. The summed E-state index contributed by atoms with van der Waals surface area (Å²) >= 11 is 1.48. The first-order chi connectivity index (χ1) is 23.1. The van der Waals surface area contributed by atoms with Crippen LogP contribution in [-0.4, -0.2) is 74.3 Å². The van der Waals surface area contributed by atoms with E-state index in [2.05, 4.69) is 51.6 Å². The van der Waals surface area contributed by atoms with Gasteiger partial charge in [0.15, 0.2) is 20.2 Å². The number of rotatable bonds is 17. The van der Waals surface area contributed by atoms with Crippen molar-refractivity contribution < 1.29 is 47.4 Å². The topological polar surface area (TPSA) is 148 Å². The van der Waals surface area contributed by atoms with E-state index in [0.717, 1.165) is 12.0 Å². The van der Waals surface area contributed by atoms with Crippen molar-refractivity contribution in [2.75, 3.05) is 23.4 Å². The Morgan fingerprint density at radius 2 is 1.66 bits per heavy atom. The molecule has 1 aliphatic heterocycles. The zero-order chi connectivity index (χ0) is 37.9. The number of benzene rings is 1. The Kier molecular flexibility index (Phi) is 16.8. The zero-order valence-electron chi connectivity index (χ0n) is 32.1. The lowest BCUT2D eigenvalue weighted by atomic mass is 9.84. The second-order valence-electron chi connectivity index (χ2n) is 15.5. The van der Waals surface area contributed by atoms with Crippen molar-refractivity contribution >= 4 is 49.5 Å². The molecule has 2 rings (SSSR count). The van der Waals surface area contributed by atoms with Crippen LogP contribution in [0.2, 0.25) is 18.1 Å². The van der Waals surface area contributed by atoms with Gasteiger partial charge in [0.25, 0.3) is 0 Å². The van der Waals surface area contributed by atoms with E-state index in [1.54, 1.807) is 32.9 Å². The molecule has 1 aliphatic rings. The van der Waals surface area contributed by atoms with E-state index >= 15 is 0 Å². The van der Waals surface area contributed by atoms with Gasteiger partial charge in [0.1, 0.15) is 18.0 Å². The van der Waals surface area contributed by atoms with Crippen LogP contribution in [0.25, 0.3) is 0 Å². The Bertz CT molecular complexity index is 1300. The van der Waals surface area contributed by atoms with Gasteiger partial charge < -0.3 is 28.7 Å². The first-order valence-corrected chi connectivity index (χ1v) is 21.4. The van der Waals surface area contributed by atoms with Crippen LogP contribution < -0.4 is 15.5 Å². The van der Waals surface area contributed by atoms with Crippen LogP contribution in [0.4, 0.5) is 10.5 Å². The van der Waals surface area contributed by atoms with Gasteiger partial charge in [-0.05, 0) is 88.5 Å². The summed E-state index contributed by atoms with van der Waals surface area (Å²) in [6.07, 6.45) is -0.548. The third kappa shape index (κ3) is 14.9. The first-order valence-electron chi connectivity index (χ1n) is 17.4. The van der Waals surface area contributed by atoms with Gasteiger partial charge in [-0.25, -0.2) is 4.79 Å². The highest BCUT2D eigenvalue weighted by molar-refractivity contribution is 7.99. The molecule has 0 aromatic heterocycles. The van der Waals surface area contributed by atoms with Crippen LogP contribution in [0.5, 0.6) is 5.75 Å². The first kappa shape index (κ1) is 43.5. The average Bonchev–Trinajstić information content (AvgIpc) is 2.98. The summed E-state index contributed by atoms with van der Waals surface area (Å²) in [6.45, 7) is 23.6. The summed E-state index contributed by atoms with van der Waals surface area (Å²) in [7, 11) is -2.13. The van der Waals surface area contributed by atoms with E-state index in [1.807, 2.05) is 19.9 Å². The molecule has 1 heterocycles. The van der Waals surface area contributed by atoms with Crippen LogP contribution >= 0.6 is 11.8 Å². The Labute approximate surface area is 303 Å². The van der Waals surface area contributed by atoms with Gasteiger partial charge in [0.2, 0.25) is 12.2 Å². The fraction of sp³-hybridized carbons (Fsp3) is 0.722. The number of nitrogens with one attached hydrogen (secondary N) is 2. The van der Waals surface area contributed by atoms with Gasteiger partial charge in [-0.3, -0.25) is 19.2 Å². The van der Waals surface area contributed by atoms with Crippen molar-refractivity contribution in [3.8, 4) is 5.75 Å².